The summed E-state index contributed by atoms with van der Waals surface area (Å²) in [5, 5.41) is 4.84. The van der Waals surface area contributed by atoms with E-state index in [4.69, 9.17) is 0 Å². The van der Waals surface area contributed by atoms with E-state index in [9.17, 15) is 0 Å². The van der Waals surface area contributed by atoms with Crippen molar-refractivity contribution in [1.29, 1.82) is 0 Å². The van der Waals surface area contributed by atoms with Crippen LogP contribution in [0.2, 0.25) is 0 Å². The van der Waals surface area contributed by atoms with Crippen LogP contribution in [0.3, 0.4) is 0 Å². The number of hydrazine groups is 1. The van der Waals surface area contributed by atoms with Gasteiger partial charge in [0.05, 0.1) is 0 Å². The molecule has 0 saturated carbocycles. The van der Waals surface area contributed by atoms with Gasteiger partial charge in [-0.3, -0.25) is 0 Å². The van der Waals surface area contributed by atoms with Crippen LogP contribution in [0, 0.1) is 0 Å². The highest BCUT2D eigenvalue weighted by molar-refractivity contribution is 4.93. The largest absolute Gasteiger partial charge is 0.236 e. The second-order valence-electron chi connectivity index (χ2n) is 2.94. The summed E-state index contributed by atoms with van der Waals surface area (Å²) in [6, 6.07) is 1.69. The van der Waals surface area contributed by atoms with Crippen LogP contribution in [0.25, 0.3) is 0 Å². The van der Waals surface area contributed by atoms with Gasteiger partial charge < -0.3 is 0 Å². The lowest BCUT2D eigenvalue weighted by Crippen LogP contribution is -2.09. The molecule has 0 amide bonds. The molecule has 4 atom stereocenters. The number of hydrogen-bond donors (Lipinski definition) is 0. The summed E-state index contributed by atoms with van der Waals surface area (Å²) in [6.45, 7) is 7.13. The highest BCUT2D eigenvalue weighted by atomic mass is 15.8. The van der Waals surface area contributed by atoms with Crippen molar-refractivity contribution in [1.82, 2.24) is 10.0 Å². The van der Waals surface area contributed by atoms with Crippen LogP contribution in [-0.4, -0.2) is 35.2 Å². The van der Waals surface area contributed by atoms with Crippen LogP contribution in [0.4, 0.5) is 0 Å². The molecule has 2 fully saturated rings. The molecule has 0 aromatic rings. The quantitative estimate of drug-likeness (QED) is 0.450. The first kappa shape index (κ1) is 4.77. The van der Waals surface area contributed by atoms with Crippen molar-refractivity contribution in [2.75, 3.05) is 13.1 Å². The first-order valence-electron chi connectivity index (χ1n) is 3.32. The summed E-state index contributed by atoms with van der Waals surface area (Å²) < 4.78 is 0. The van der Waals surface area contributed by atoms with Crippen molar-refractivity contribution in [2.45, 2.75) is 25.9 Å². The van der Waals surface area contributed by atoms with Crippen LogP contribution in [0.15, 0.2) is 0 Å². The summed E-state index contributed by atoms with van der Waals surface area (Å²) in [6.07, 6.45) is 0. The van der Waals surface area contributed by atoms with Crippen LogP contribution < -0.4 is 0 Å². The molecule has 0 spiro atoms. The Bertz CT molecular complexity index is 99.1. The lowest BCUT2D eigenvalue weighted by molar-refractivity contribution is 0.226. The highest BCUT2D eigenvalue weighted by Crippen LogP contribution is 2.29. The van der Waals surface area contributed by atoms with E-state index in [2.05, 4.69) is 23.9 Å². The van der Waals surface area contributed by atoms with Crippen LogP contribution >= 0.6 is 0 Å². The van der Waals surface area contributed by atoms with E-state index in [0.717, 1.165) is 12.1 Å². The van der Waals surface area contributed by atoms with Crippen molar-refractivity contribution < 1.29 is 0 Å². The van der Waals surface area contributed by atoms with E-state index in [1.165, 1.54) is 13.1 Å². The summed E-state index contributed by atoms with van der Waals surface area (Å²) in [5.41, 5.74) is 0. The summed E-state index contributed by atoms with van der Waals surface area (Å²) in [4.78, 5) is 0. The minimum absolute atomic E-state index is 0.847. The molecule has 0 radical (unpaired) electrons. The molecule has 0 aromatic heterocycles. The van der Waals surface area contributed by atoms with E-state index in [1.54, 1.807) is 0 Å². The average Bonchev–Trinajstić information content (AvgIpc) is 2.47. The molecule has 2 heterocycles. The molecule has 0 aliphatic carbocycles. The Labute approximate surface area is 50.0 Å². The molecule has 2 aliphatic heterocycles. The van der Waals surface area contributed by atoms with Crippen molar-refractivity contribution in [3.8, 4) is 0 Å². The van der Waals surface area contributed by atoms with E-state index in [1.807, 2.05) is 0 Å². The Kier molecular flexibility index (Phi) is 0.746. The second-order valence-corrected chi connectivity index (χ2v) is 2.94. The molecule has 2 nitrogen and oxygen atoms in total. The highest BCUT2D eigenvalue weighted by Gasteiger charge is 2.44. The molecule has 0 bridgehead atoms. The molecule has 2 rings (SSSR count). The minimum Gasteiger partial charge on any atom is -0.236 e. The Hall–Kier alpha value is -0.0800. The monoisotopic (exact) mass is 112 g/mol. The zero-order chi connectivity index (χ0) is 5.72. The third-order valence-corrected chi connectivity index (χ3v) is 1.98. The van der Waals surface area contributed by atoms with E-state index in [0.29, 0.717) is 0 Å². The predicted molar refractivity (Wildman–Crippen MR) is 32.3 cm³/mol. The smallest absolute Gasteiger partial charge is 0.0360 e. The van der Waals surface area contributed by atoms with Crippen LogP contribution in [0.5, 0.6) is 0 Å². The third kappa shape index (κ3) is 0.565. The normalized spacial score (nSPS) is 60.8. The molecule has 2 aliphatic rings. The van der Waals surface area contributed by atoms with Crippen molar-refractivity contribution in [3.05, 3.63) is 0 Å². The average molecular weight is 112 g/mol. The molecule has 4 unspecified atom stereocenters. The molecular formula is C6H12N2. The third-order valence-electron chi connectivity index (χ3n) is 1.98. The maximum Gasteiger partial charge on any atom is 0.0360 e. The molecule has 0 N–H and O–H groups in total. The Morgan fingerprint density at radius 2 is 1.25 bits per heavy atom. The zero-order valence-corrected chi connectivity index (χ0v) is 5.46. The van der Waals surface area contributed by atoms with Crippen molar-refractivity contribution in [3.63, 3.8) is 0 Å². The van der Waals surface area contributed by atoms with Gasteiger partial charge in [0.15, 0.2) is 0 Å². The fourth-order valence-corrected chi connectivity index (χ4v) is 1.16. The second kappa shape index (κ2) is 1.25. The van der Waals surface area contributed by atoms with E-state index >= 15 is 0 Å². The first-order chi connectivity index (χ1) is 3.79. The van der Waals surface area contributed by atoms with Gasteiger partial charge in [-0.2, -0.15) is 0 Å². The standard InChI is InChI=1S/C6H12N2/c1-5-3-7(5)8-4-6(8)2/h5-6H,3-4H2,1-2H3. The molecule has 2 heteroatoms. The fraction of sp³-hybridized carbons (Fsp3) is 1.00. The lowest BCUT2D eigenvalue weighted by Gasteiger charge is -1.98. The van der Waals surface area contributed by atoms with Crippen LogP contribution in [-0.2, 0) is 0 Å². The van der Waals surface area contributed by atoms with Gasteiger partial charge in [-0.1, -0.05) is 0 Å². The summed E-state index contributed by atoms with van der Waals surface area (Å²) in [5.74, 6) is 0. The van der Waals surface area contributed by atoms with Crippen molar-refractivity contribution in [2.24, 2.45) is 0 Å². The van der Waals surface area contributed by atoms with E-state index < -0.39 is 0 Å². The Morgan fingerprint density at radius 3 is 1.38 bits per heavy atom. The summed E-state index contributed by atoms with van der Waals surface area (Å²) >= 11 is 0. The van der Waals surface area contributed by atoms with Gasteiger partial charge in [0.25, 0.3) is 0 Å². The predicted octanol–water partition coefficient (Wildman–Crippen LogP) is 0.310. The zero-order valence-electron chi connectivity index (χ0n) is 5.46. The maximum atomic E-state index is 2.42. The lowest BCUT2D eigenvalue weighted by atomic mass is 10.6. The fourth-order valence-electron chi connectivity index (χ4n) is 1.16. The number of hydrogen-bond acceptors (Lipinski definition) is 2. The molecule has 2 saturated heterocycles. The number of nitrogens with zero attached hydrogens (tertiary/aromatic N) is 2. The van der Waals surface area contributed by atoms with Gasteiger partial charge in [-0.15, -0.1) is 0 Å². The molecule has 0 aromatic carbocycles. The van der Waals surface area contributed by atoms with Gasteiger partial charge in [0.2, 0.25) is 0 Å². The van der Waals surface area contributed by atoms with Crippen LogP contribution in [0.1, 0.15) is 13.8 Å². The first-order valence-corrected chi connectivity index (χ1v) is 3.32. The molecule has 8 heavy (non-hydrogen) atoms. The van der Waals surface area contributed by atoms with E-state index in [-0.39, 0.29) is 0 Å². The molecular weight excluding hydrogens is 100 g/mol. The van der Waals surface area contributed by atoms with Gasteiger partial charge in [-0.05, 0) is 13.8 Å². The van der Waals surface area contributed by atoms with Gasteiger partial charge in [0.1, 0.15) is 0 Å². The topological polar surface area (TPSA) is 6.02 Å². The molecule has 46 valence electrons. The van der Waals surface area contributed by atoms with Crippen molar-refractivity contribution >= 4 is 0 Å². The maximum absolute atomic E-state index is 2.42. The Morgan fingerprint density at radius 1 is 1.00 bits per heavy atom. The number of rotatable bonds is 1. The Balaban J connectivity index is 1.86. The summed E-state index contributed by atoms with van der Waals surface area (Å²) in [7, 11) is 0. The SMILES string of the molecule is CC1CN1N1CC1C. The van der Waals surface area contributed by atoms with Gasteiger partial charge in [-0.25, -0.2) is 10.0 Å². The van der Waals surface area contributed by atoms with Gasteiger partial charge >= 0.3 is 0 Å². The van der Waals surface area contributed by atoms with Gasteiger partial charge in [0, 0.05) is 25.2 Å². The minimum atomic E-state index is 0.847.